The van der Waals surface area contributed by atoms with E-state index in [4.69, 9.17) is 10.5 Å². The van der Waals surface area contributed by atoms with E-state index in [0.29, 0.717) is 42.8 Å². The van der Waals surface area contributed by atoms with Crippen LogP contribution in [0.3, 0.4) is 0 Å². The number of ether oxygens (including phenoxy) is 1. The molecule has 4 atom stereocenters. The number of hydrogen-bond donors (Lipinski definition) is 2. The molecule has 3 fully saturated rings. The third-order valence-electron chi connectivity index (χ3n) is 8.72. The van der Waals surface area contributed by atoms with E-state index in [2.05, 4.69) is 26.1 Å². The summed E-state index contributed by atoms with van der Waals surface area (Å²) in [5.41, 5.74) is 7.55. The van der Waals surface area contributed by atoms with Gasteiger partial charge in [0.05, 0.1) is 0 Å². The van der Waals surface area contributed by atoms with Crippen molar-refractivity contribution in [1.29, 1.82) is 0 Å². The minimum absolute atomic E-state index is 0.0115. The van der Waals surface area contributed by atoms with E-state index in [9.17, 15) is 14.4 Å². The largest absolute Gasteiger partial charge is 0.446 e. The maximum absolute atomic E-state index is 13.8. The standard InChI is InChI=1S/C30H46N4O4/c1-19(2)25-14-9-21(4)18-26(25)38-30(37)34-16-6-15-33(29(36)22-8-5-7-20(3)17-22)28(34)27(35)32-24-12-10-23(31)11-13-24/h5,7-8,17,19,21,23-26,28H,6,9-16,18,31H2,1-4H3,(H,32,35). The Labute approximate surface area is 227 Å². The Morgan fingerprint density at radius 3 is 2.42 bits per heavy atom. The maximum Gasteiger partial charge on any atom is 0.412 e. The van der Waals surface area contributed by atoms with Gasteiger partial charge in [0.15, 0.2) is 6.17 Å². The summed E-state index contributed by atoms with van der Waals surface area (Å²) in [4.78, 5) is 44.3. The Balaban J connectivity index is 1.58. The Bertz CT molecular complexity index is 990. The molecule has 3 N–H and O–H groups in total. The van der Waals surface area contributed by atoms with Gasteiger partial charge in [-0.3, -0.25) is 14.5 Å². The lowest BCUT2D eigenvalue weighted by atomic mass is 9.75. The number of nitrogens with two attached hydrogens (primary N) is 1. The van der Waals surface area contributed by atoms with E-state index in [0.717, 1.165) is 50.5 Å². The minimum atomic E-state index is -1.04. The van der Waals surface area contributed by atoms with Gasteiger partial charge in [0, 0.05) is 30.7 Å². The topological polar surface area (TPSA) is 105 Å². The molecule has 0 bridgehead atoms. The number of benzene rings is 1. The third-order valence-corrected chi connectivity index (χ3v) is 8.72. The molecule has 4 unspecified atom stereocenters. The lowest BCUT2D eigenvalue weighted by molar-refractivity contribution is -0.135. The number of aryl methyl sites for hydroxylation is 1. The minimum Gasteiger partial charge on any atom is -0.446 e. The van der Waals surface area contributed by atoms with Gasteiger partial charge < -0.3 is 20.7 Å². The van der Waals surface area contributed by atoms with Gasteiger partial charge >= 0.3 is 6.09 Å². The average molecular weight is 527 g/mol. The molecule has 3 aliphatic rings. The van der Waals surface area contributed by atoms with Gasteiger partial charge in [0.1, 0.15) is 6.10 Å². The van der Waals surface area contributed by atoms with E-state index < -0.39 is 12.3 Å². The second kappa shape index (κ2) is 12.5. The number of nitrogens with one attached hydrogen (secondary N) is 1. The molecule has 3 amide bonds. The summed E-state index contributed by atoms with van der Waals surface area (Å²) in [6, 6.07) is 7.52. The zero-order valence-corrected chi connectivity index (χ0v) is 23.5. The summed E-state index contributed by atoms with van der Waals surface area (Å²) < 4.78 is 6.17. The van der Waals surface area contributed by atoms with Crippen molar-refractivity contribution >= 4 is 17.9 Å². The second-order valence-electron chi connectivity index (χ2n) is 12.2. The molecule has 1 aliphatic heterocycles. The molecule has 1 saturated heterocycles. The van der Waals surface area contributed by atoms with E-state index >= 15 is 0 Å². The molecule has 1 aromatic rings. The number of rotatable bonds is 5. The monoisotopic (exact) mass is 526 g/mol. The fourth-order valence-electron chi connectivity index (χ4n) is 6.44. The number of hydrogen-bond acceptors (Lipinski definition) is 5. The molecule has 0 spiro atoms. The number of carbonyl (C=O) groups is 3. The van der Waals surface area contributed by atoms with E-state index in [1.807, 2.05) is 25.1 Å². The van der Waals surface area contributed by atoms with Crippen LogP contribution in [0.25, 0.3) is 0 Å². The molecular formula is C30H46N4O4. The van der Waals surface area contributed by atoms with Crippen LogP contribution in [0.4, 0.5) is 4.79 Å². The lowest BCUT2D eigenvalue weighted by Gasteiger charge is -2.44. The fourth-order valence-corrected chi connectivity index (χ4v) is 6.44. The molecule has 8 nitrogen and oxygen atoms in total. The number of nitrogens with zero attached hydrogens (tertiary/aromatic N) is 2. The zero-order valence-electron chi connectivity index (χ0n) is 23.5. The zero-order chi connectivity index (χ0) is 27.4. The molecule has 1 aromatic carbocycles. The van der Waals surface area contributed by atoms with Gasteiger partial charge in [0.2, 0.25) is 0 Å². The second-order valence-corrected chi connectivity index (χ2v) is 12.2. The van der Waals surface area contributed by atoms with E-state index in [1.165, 1.54) is 4.90 Å². The highest BCUT2D eigenvalue weighted by Crippen LogP contribution is 2.36. The Hall–Kier alpha value is -2.61. The normalized spacial score (nSPS) is 30.2. The summed E-state index contributed by atoms with van der Waals surface area (Å²) in [7, 11) is 0. The van der Waals surface area contributed by atoms with Crippen molar-refractivity contribution in [3.8, 4) is 0 Å². The average Bonchev–Trinajstić information content (AvgIpc) is 2.89. The van der Waals surface area contributed by atoms with E-state index in [-0.39, 0.29) is 30.0 Å². The molecule has 2 aliphatic carbocycles. The quantitative estimate of drug-likeness (QED) is 0.590. The molecule has 0 radical (unpaired) electrons. The van der Waals surface area contributed by atoms with Crippen molar-refractivity contribution < 1.29 is 19.1 Å². The van der Waals surface area contributed by atoms with Crippen LogP contribution in [0, 0.1) is 24.7 Å². The predicted molar refractivity (Wildman–Crippen MR) is 147 cm³/mol. The van der Waals surface area contributed by atoms with Crippen molar-refractivity contribution in [2.75, 3.05) is 13.1 Å². The molecule has 8 heteroatoms. The smallest absolute Gasteiger partial charge is 0.412 e. The first-order valence-corrected chi connectivity index (χ1v) is 14.5. The van der Waals surface area contributed by atoms with Crippen LogP contribution in [-0.4, -0.2) is 65.2 Å². The highest BCUT2D eigenvalue weighted by atomic mass is 16.6. The summed E-state index contributed by atoms with van der Waals surface area (Å²) in [5.74, 6) is 0.616. The van der Waals surface area contributed by atoms with Gasteiger partial charge in [-0.15, -0.1) is 0 Å². The maximum atomic E-state index is 13.8. The lowest BCUT2D eigenvalue weighted by Crippen LogP contribution is -2.65. The van der Waals surface area contributed by atoms with Gasteiger partial charge in [0.25, 0.3) is 11.8 Å². The SMILES string of the molecule is Cc1cccc(C(=O)N2CCCN(C(=O)OC3CC(C)CCC3C(C)C)C2C(=O)NC2CCC(N)CC2)c1. The van der Waals surface area contributed by atoms with Crippen molar-refractivity contribution in [2.24, 2.45) is 23.5 Å². The van der Waals surface area contributed by atoms with E-state index in [1.54, 1.807) is 11.0 Å². The molecule has 2 saturated carbocycles. The first kappa shape index (κ1) is 28.4. The number of amides is 3. The van der Waals surface area contributed by atoms with Gasteiger partial charge in [-0.05, 0) is 81.8 Å². The third kappa shape index (κ3) is 6.68. The van der Waals surface area contributed by atoms with Crippen molar-refractivity contribution in [3.63, 3.8) is 0 Å². The summed E-state index contributed by atoms with van der Waals surface area (Å²) in [5, 5.41) is 3.14. The molecule has 210 valence electrons. The van der Waals surface area contributed by atoms with Gasteiger partial charge in [-0.25, -0.2) is 4.79 Å². The van der Waals surface area contributed by atoms with Crippen LogP contribution >= 0.6 is 0 Å². The summed E-state index contributed by atoms with van der Waals surface area (Å²) in [6.07, 6.45) is 5.15. The Morgan fingerprint density at radius 1 is 1.03 bits per heavy atom. The van der Waals surface area contributed by atoms with Crippen LogP contribution in [0.2, 0.25) is 0 Å². The summed E-state index contributed by atoms with van der Waals surface area (Å²) in [6.45, 7) is 9.27. The first-order valence-electron chi connectivity index (χ1n) is 14.5. The predicted octanol–water partition coefficient (Wildman–Crippen LogP) is 4.45. The number of carbonyl (C=O) groups excluding carboxylic acids is 3. The van der Waals surface area contributed by atoms with Crippen LogP contribution in [0.15, 0.2) is 24.3 Å². The first-order chi connectivity index (χ1) is 18.1. The van der Waals surface area contributed by atoms with Crippen molar-refractivity contribution in [1.82, 2.24) is 15.1 Å². The van der Waals surface area contributed by atoms with Gasteiger partial charge in [-0.2, -0.15) is 0 Å². The fraction of sp³-hybridized carbons (Fsp3) is 0.700. The summed E-state index contributed by atoms with van der Waals surface area (Å²) >= 11 is 0. The van der Waals surface area contributed by atoms with Crippen molar-refractivity contribution in [2.45, 2.75) is 103 Å². The van der Waals surface area contributed by atoms with Crippen LogP contribution < -0.4 is 11.1 Å². The van der Waals surface area contributed by atoms with Gasteiger partial charge in [-0.1, -0.05) is 44.9 Å². The highest BCUT2D eigenvalue weighted by molar-refractivity contribution is 5.98. The molecule has 38 heavy (non-hydrogen) atoms. The van der Waals surface area contributed by atoms with Crippen LogP contribution in [0.5, 0.6) is 0 Å². The van der Waals surface area contributed by atoms with Crippen LogP contribution in [0.1, 0.15) is 88.1 Å². The Kier molecular flexibility index (Phi) is 9.34. The molecule has 4 rings (SSSR count). The van der Waals surface area contributed by atoms with Crippen molar-refractivity contribution in [3.05, 3.63) is 35.4 Å². The molecule has 1 heterocycles. The molecule has 0 aromatic heterocycles. The Morgan fingerprint density at radius 2 is 1.74 bits per heavy atom. The highest BCUT2D eigenvalue weighted by Gasteiger charge is 2.43. The van der Waals surface area contributed by atoms with Crippen LogP contribution in [-0.2, 0) is 9.53 Å². The molecular weight excluding hydrogens is 480 g/mol.